The minimum absolute atomic E-state index is 0.198. The van der Waals surface area contributed by atoms with Crippen LogP contribution in [0.2, 0.25) is 0 Å². The average Bonchev–Trinajstić information content (AvgIpc) is 2.67. The van der Waals surface area contributed by atoms with Crippen molar-refractivity contribution in [1.82, 2.24) is 5.32 Å². The molecule has 2 rings (SSSR count). The normalized spacial score (nSPS) is 20.8. The standard InChI is InChI=1S/C15H22FN2O3P/c1-4-10(2)21-22(19,20)11(3)15-13-9-12(16)5-6-14(13)17-7-8-18-15/h5-6,9-10,17-18H,4,7-8H2,1-3H3,(H,19,20). The third-order valence-electron chi connectivity index (χ3n) is 3.68. The number of hydrogen-bond donors (Lipinski definition) is 3. The highest BCUT2D eigenvalue weighted by atomic mass is 31.2. The van der Waals surface area contributed by atoms with E-state index >= 15 is 0 Å². The van der Waals surface area contributed by atoms with Gasteiger partial charge in [0.25, 0.3) is 0 Å². The van der Waals surface area contributed by atoms with E-state index in [1.54, 1.807) is 19.9 Å². The molecular formula is C15H22FN2O3P. The van der Waals surface area contributed by atoms with E-state index in [1.165, 1.54) is 12.1 Å². The molecule has 5 nitrogen and oxygen atoms in total. The van der Waals surface area contributed by atoms with Crippen LogP contribution in [0.1, 0.15) is 32.8 Å². The molecule has 0 spiro atoms. The van der Waals surface area contributed by atoms with E-state index < -0.39 is 13.4 Å². The molecule has 22 heavy (non-hydrogen) atoms. The Morgan fingerprint density at radius 2 is 2.14 bits per heavy atom. The fourth-order valence-electron chi connectivity index (χ4n) is 2.22. The lowest BCUT2D eigenvalue weighted by molar-refractivity contribution is 0.190. The van der Waals surface area contributed by atoms with Gasteiger partial charge in [-0.1, -0.05) is 6.92 Å². The van der Waals surface area contributed by atoms with Crippen molar-refractivity contribution in [3.05, 3.63) is 34.9 Å². The zero-order chi connectivity index (χ0) is 16.3. The molecule has 0 amide bonds. The molecule has 1 aliphatic rings. The number of allylic oxidation sites excluding steroid dienone is 1. The topological polar surface area (TPSA) is 70.6 Å². The predicted molar refractivity (Wildman–Crippen MR) is 86.1 cm³/mol. The van der Waals surface area contributed by atoms with Crippen LogP contribution in [0.3, 0.4) is 0 Å². The summed E-state index contributed by atoms with van der Waals surface area (Å²) in [6.45, 7) is 6.37. The Balaban J connectivity index is 2.49. The monoisotopic (exact) mass is 328 g/mol. The minimum atomic E-state index is -3.95. The summed E-state index contributed by atoms with van der Waals surface area (Å²) >= 11 is 0. The van der Waals surface area contributed by atoms with Gasteiger partial charge in [-0.3, -0.25) is 4.57 Å². The molecule has 1 aromatic carbocycles. The van der Waals surface area contributed by atoms with E-state index in [-0.39, 0.29) is 11.4 Å². The van der Waals surface area contributed by atoms with Crippen LogP contribution < -0.4 is 10.6 Å². The molecule has 122 valence electrons. The maximum Gasteiger partial charge on any atom is 0.356 e. The highest BCUT2D eigenvalue weighted by Gasteiger charge is 2.29. The molecule has 3 N–H and O–H groups in total. The number of nitrogens with one attached hydrogen (secondary N) is 2. The molecule has 2 atom stereocenters. The summed E-state index contributed by atoms with van der Waals surface area (Å²) in [4.78, 5) is 10.2. The minimum Gasteiger partial charge on any atom is -0.383 e. The summed E-state index contributed by atoms with van der Waals surface area (Å²) in [5.74, 6) is -0.398. The van der Waals surface area contributed by atoms with Gasteiger partial charge >= 0.3 is 7.60 Å². The van der Waals surface area contributed by atoms with Crippen molar-refractivity contribution in [2.45, 2.75) is 33.3 Å². The Morgan fingerprint density at radius 1 is 1.45 bits per heavy atom. The molecule has 0 saturated carbocycles. The highest BCUT2D eigenvalue weighted by molar-refractivity contribution is 7.57. The Bertz CT molecular complexity index is 633. The summed E-state index contributed by atoms with van der Waals surface area (Å²) in [6, 6.07) is 4.34. The van der Waals surface area contributed by atoms with Crippen LogP contribution in [0.25, 0.3) is 5.70 Å². The van der Waals surface area contributed by atoms with Crippen molar-refractivity contribution in [2.75, 3.05) is 18.4 Å². The van der Waals surface area contributed by atoms with Crippen LogP contribution in [-0.4, -0.2) is 24.1 Å². The first-order valence-electron chi connectivity index (χ1n) is 7.35. The molecule has 2 unspecified atom stereocenters. The summed E-state index contributed by atoms with van der Waals surface area (Å²) in [5.41, 5.74) is 1.72. The van der Waals surface area contributed by atoms with E-state index in [0.29, 0.717) is 30.8 Å². The van der Waals surface area contributed by atoms with Gasteiger partial charge in [-0.05, 0) is 38.5 Å². The van der Waals surface area contributed by atoms with Gasteiger partial charge in [-0.25, -0.2) is 4.39 Å². The lowest BCUT2D eigenvalue weighted by atomic mass is 10.1. The lowest BCUT2D eigenvalue weighted by Gasteiger charge is -2.21. The van der Waals surface area contributed by atoms with Crippen molar-refractivity contribution in [1.29, 1.82) is 0 Å². The summed E-state index contributed by atoms with van der Waals surface area (Å²) in [5, 5.41) is 6.46. The zero-order valence-corrected chi connectivity index (χ0v) is 13.9. The number of fused-ring (bicyclic) bond motifs is 1. The van der Waals surface area contributed by atoms with Crippen molar-refractivity contribution >= 4 is 19.0 Å². The quantitative estimate of drug-likeness (QED) is 0.738. The second-order valence-electron chi connectivity index (χ2n) is 5.35. The van der Waals surface area contributed by atoms with Crippen LogP contribution in [0, 0.1) is 5.82 Å². The Morgan fingerprint density at radius 3 is 2.82 bits per heavy atom. The summed E-state index contributed by atoms with van der Waals surface area (Å²) < 4.78 is 31.4. The molecule has 1 aromatic rings. The predicted octanol–water partition coefficient (Wildman–Crippen LogP) is 3.53. The first-order valence-corrected chi connectivity index (χ1v) is 8.93. The molecule has 0 fully saturated rings. The molecule has 0 radical (unpaired) electrons. The zero-order valence-electron chi connectivity index (χ0n) is 13.0. The second-order valence-corrected chi connectivity index (χ2v) is 7.27. The fourth-order valence-corrected chi connectivity index (χ4v) is 3.50. The Labute approximate surface area is 130 Å². The van der Waals surface area contributed by atoms with Crippen molar-refractivity contribution in [3.8, 4) is 0 Å². The fraction of sp³-hybridized carbons (Fsp3) is 0.467. The number of anilines is 1. The Kier molecular flexibility index (Phi) is 5.27. The molecule has 0 aromatic heterocycles. The van der Waals surface area contributed by atoms with Crippen LogP contribution in [0.4, 0.5) is 10.1 Å². The van der Waals surface area contributed by atoms with Gasteiger partial charge in [-0.15, -0.1) is 0 Å². The summed E-state index contributed by atoms with van der Waals surface area (Å²) in [6.07, 6.45) is 0.301. The van der Waals surface area contributed by atoms with E-state index in [1.807, 2.05) is 6.92 Å². The van der Waals surface area contributed by atoms with Crippen molar-refractivity contribution in [3.63, 3.8) is 0 Å². The van der Waals surface area contributed by atoms with Crippen LogP contribution in [0.5, 0.6) is 0 Å². The third-order valence-corrected chi connectivity index (χ3v) is 5.39. The molecule has 0 aliphatic carbocycles. The lowest BCUT2D eigenvalue weighted by Crippen LogP contribution is -2.18. The SMILES string of the molecule is CCC(C)OP(=O)(O)C(C)=C1NCCNc2ccc(F)cc21. The molecule has 1 aliphatic heterocycles. The van der Waals surface area contributed by atoms with Gasteiger partial charge in [0, 0.05) is 24.3 Å². The molecule has 0 bridgehead atoms. The van der Waals surface area contributed by atoms with E-state index in [0.717, 1.165) is 5.69 Å². The number of halogens is 1. The average molecular weight is 328 g/mol. The van der Waals surface area contributed by atoms with Crippen molar-refractivity contribution < 1.29 is 18.4 Å². The third kappa shape index (κ3) is 3.69. The van der Waals surface area contributed by atoms with Gasteiger partial charge in [0.1, 0.15) is 5.82 Å². The molecular weight excluding hydrogens is 306 g/mol. The van der Waals surface area contributed by atoms with Crippen LogP contribution in [-0.2, 0) is 9.09 Å². The molecule has 1 heterocycles. The second kappa shape index (κ2) is 6.82. The molecule has 7 heteroatoms. The van der Waals surface area contributed by atoms with Gasteiger partial charge in [0.05, 0.1) is 17.1 Å². The molecule has 0 saturated heterocycles. The summed E-state index contributed by atoms with van der Waals surface area (Å²) in [7, 11) is -3.95. The van der Waals surface area contributed by atoms with Crippen LogP contribution >= 0.6 is 7.60 Å². The van der Waals surface area contributed by atoms with Gasteiger partial charge in [0.15, 0.2) is 0 Å². The highest BCUT2D eigenvalue weighted by Crippen LogP contribution is 2.54. The van der Waals surface area contributed by atoms with Gasteiger partial charge < -0.3 is 20.1 Å². The first-order chi connectivity index (χ1) is 10.3. The maximum absolute atomic E-state index is 13.6. The van der Waals surface area contributed by atoms with Crippen molar-refractivity contribution in [2.24, 2.45) is 0 Å². The van der Waals surface area contributed by atoms with Crippen LogP contribution in [0.15, 0.2) is 23.5 Å². The number of hydrogen-bond acceptors (Lipinski definition) is 4. The largest absolute Gasteiger partial charge is 0.383 e. The first kappa shape index (κ1) is 17.0. The maximum atomic E-state index is 13.6. The number of benzene rings is 1. The van der Waals surface area contributed by atoms with E-state index in [9.17, 15) is 13.8 Å². The number of rotatable bonds is 4. The van der Waals surface area contributed by atoms with E-state index in [4.69, 9.17) is 4.52 Å². The Hall–Kier alpha value is -1.36. The van der Waals surface area contributed by atoms with E-state index in [2.05, 4.69) is 10.6 Å². The van der Waals surface area contributed by atoms with Gasteiger partial charge in [0.2, 0.25) is 0 Å². The smallest absolute Gasteiger partial charge is 0.356 e. The van der Waals surface area contributed by atoms with Gasteiger partial charge in [-0.2, -0.15) is 0 Å².